The van der Waals surface area contributed by atoms with Crippen LogP contribution >= 0.6 is 0 Å². The minimum atomic E-state index is -1.14. The van der Waals surface area contributed by atoms with Gasteiger partial charge in [-0.15, -0.1) is 0 Å². The minimum absolute atomic E-state index is 0.0566. The number of carbonyl (C=O) groups is 1. The Morgan fingerprint density at radius 1 is 1.19 bits per heavy atom. The molecule has 2 unspecified atom stereocenters. The van der Waals surface area contributed by atoms with Crippen LogP contribution < -0.4 is 5.73 Å². The molecular formula is C12H23NO3. The molecule has 0 radical (unpaired) electrons. The summed E-state index contributed by atoms with van der Waals surface area (Å²) >= 11 is 0. The van der Waals surface area contributed by atoms with Crippen LogP contribution in [0.1, 0.15) is 39.5 Å². The van der Waals surface area contributed by atoms with Crippen LogP contribution in [0.2, 0.25) is 0 Å². The van der Waals surface area contributed by atoms with Crippen molar-refractivity contribution in [3.05, 3.63) is 0 Å². The Morgan fingerprint density at radius 3 is 2.00 bits per heavy atom. The van der Waals surface area contributed by atoms with Gasteiger partial charge < -0.3 is 15.9 Å². The fraction of sp³-hybridized carbons (Fsp3) is 0.917. The second-order valence-corrected chi connectivity index (χ2v) is 5.27. The van der Waals surface area contributed by atoms with Crippen molar-refractivity contribution in [2.45, 2.75) is 51.7 Å². The molecule has 0 aliphatic heterocycles. The topological polar surface area (TPSA) is 83.5 Å². The van der Waals surface area contributed by atoms with Crippen molar-refractivity contribution < 1.29 is 15.0 Å². The van der Waals surface area contributed by atoms with Gasteiger partial charge in [0.2, 0.25) is 0 Å². The number of aliphatic hydroxyl groups is 1. The first-order chi connectivity index (χ1) is 7.43. The van der Waals surface area contributed by atoms with Crippen molar-refractivity contribution in [1.82, 2.24) is 0 Å². The SMILES string of the molecule is CC(C)C1CCC(C(O)C(N)C(=O)O)CC1. The maximum absolute atomic E-state index is 10.7. The zero-order chi connectivity index (χ0) is 12.3. The summed E-state index contributed by atoms with van der Waals surface area (Å²) in [6.07, 6.45) is 3.04. The minimum Gasteiger partial charge on any atom is -0.480 e. The van der Waals surface area contributed by atoms with E-state index >= 15 is 0 Å². The Hall–Kier alpha value is -0.610. The molecule has 0 bridgehead atoms. The molecule has 0 aromatic carbocycles. The lowest BCUT2D eigenvalue weighted by Gasteiger charge is -2.34. The predicted octanol–water partition coefficient (Wildman–Crippen LogP) is 1.22. The van der Waals surface area contributed by atoms with E-state index in [0.29, 0.717) is 11.8 Å². The maximum Gasteiger partial charge on any atom is 0.323 e. The largest absolute Gasteiger partial charge is 0.480 e. The molecule has 1 fully saturated rings. The Labute approximate surface area is 96.8 Å². The van der Waals surface area contributed by atoms with Gasteiger partial charge in [0.25, 0.3) is 0 Å². The van der Waals surface area contributed by atoms with Crippen LogP contribution in [0.15, 0.2) is 0 Å². The lowest BCUT2D eigenvalue weighted by atomic mass is 9.74. The number of aliphatic carboxylic acids is 1. The molecule has 0 aromatic rings. The monoisotopic (exact) mass is 229 g/mol. The van der Waals surface area contributed by atoms with Crippen molar-refractivity contribution in [2.75, 3.05) is 0 Å². The van der Waals surface area contributed by atoms with Gasteiger partial charge in [-0.2, -0.15) is 0 Å². The van der Waals surface area contributed by atoms with Gasteiger partial charge in [-0.05, 0) is 43.4 Å². The van der Waals surface area contributed by atoms with Gasteiger partial charge in [0.05, 0.1) is 6.10 Å². The van der Waals surface area contributed by atoms with Crippen LogP contribution in [0.25, 0.3) is 0 Å². The lowest BCUT2D eigenvalue weighted by Crippen LogP contribution is -2.46. The van der Waals surface area contributed by atoms with Crippen molar-refractivity contribution >= 4 is 5.97 Å². The summed E-state index contributed by atoms with van der Waals surface area (Å²) in [5, 5.41) is 18.6. The molecule has 0 spiro atoms. The molecule has 4 nitrogen and oxygen atoms in total. The van der Waals surface area contributed by atoms with E-state index in [4.69, 9.17) is 10.8 Å². The zero-order valence-corrected chi connectivity index (χ0v) is 10.1. The normalized spacial score (nSPS) is 30.1. The Bertz CT molecular complexity index is 234. The first-order valence-electron chi connectivity index (χ1n) is 6.10. The predicted molar refractivity (Wildman–Crippen MR) is 61.9 cm³/mol. The van der Waals surface area contributed by atoms with Crippen LogP contribution in [0, 0.1) is 17.8 Å². The zero-order valence-electron chi connectivity index (χ0n) is 10.1. The molecular weight excluding hydrogens is 206 g/mol. The highest BCUT2D eigenvalue weighted by atomic mass is 16.4. The Kier molecular flexibility index (Phi) is 4.74. The third-order valence-corrected chi connectivity index (χ3v) is 3.90. The van der Waals surface area contributed by atoms with Crippen molar-refractivity contribution in [3.63, 3.8) is 0 Å². The highest BCUT2D eigenvalue weighted by Crippen LogP contribution is 2.35. The molecule has 1 aliphatic rings. The number of hydrogen-bond donors (Lipinski definition) is 3. The summed E-state index contributed by atoms with van der Waals surface area (Å²) in [6.45, 7) is 4.43. The van der Waals surface area contributed by atoms with E-state index in [0.717, 1.165) is 25.7 Å². The lowest BCUT2D eigenvalue weighted by molar-refractivity contribution is -0.142. The second kappa shape index (κ2) is 5.64. The van der Waals surface area contributed by atoms with E-state index in [1.165, 1.54) is 0 Å². The fourth-order valence-electron chi connectivity index (χ4n) is 2.59. The second-order valence-electron chi connectivity index (χ2n) is 5.27. The molecule has 4 N–H and O–H groups in total. The first-order valence-corrected chi connectivity index (χ1v) is 6.10. The number of rotatable bonds is 4. The van der Waals surface area contributed by atoms with E-state index < -0.39 is 18.1 Å². The van der Waals surface area contributed by atoms with Crippen LogP contribution in [-0.4, -0.2) is 28.3 Å². The van der Waals surface area contributed by atoms with Gasteiger partial charge in [0, 0.05) is 0 Å². The number of carboxylic acid groups (broad SMARTS) is 1. The van der Waals surface area contributed by atoms with Gasteiger partial charge in [-0.25, -0.2) is 0 Å². The highest BCUT2D eigenvalue weighted by Gasteiger charge is 2.33. The first kappa shape index (κ1) is 13.5. The van der Waals surface area contributed by atoms with E-state index in [9.17, 15) is 9.90 Å². The van der Waals surface area contributed by atoms with Crippen LogP contribution in [0.5, 0.6) is 0 Å². The van der Waals surface area contributed by atoms with Gasteiger partial charge in [0.15, 0.2) is 0 Å². The third kappa shape index (κ3) is 3.19. The van der Waals surface area contributed by atoms with Crippen molar-refractivity contribution in [1.29, 1.82) is 0 Å². The summed E-state index contributed by atoms with van der Waals surface area (Å²) in [4.78, 5) is 10.7. The van der Waals surface area contributed by atoms with Crippen LogP contribution in [0.4, 0.5) is 0 Å². The molecule has 1 aliphatic carbocycles. The molecule has 2 atom stereocenters. The molecule has 16 heavy (non-hydrogen) atoms. The Balaban J connectivity index is 2.44. The smallest absolute Gasteiger partial charge is 0.323 e. The standard InChI is InChI=1S/C12H23NO3/c1-7(2)8-3-5-9(6-4-8)11(14)10(13)12(15)16/h7-11,14H,3-6,13H2,1-2H3,(H,15,16). The molecule has 1 rings (SSSR count). The average molecular weight is 229 g/mol. The van der Waals surface area contributed by atoms with Crippen LogP contribution in [0.3, 0.4) is 0 Å². The number of hydrogen-bond acceptors (Lipinski definition) is 3. The molecule has 94 valence electrons. The van der Waals surface area contributed by atoms with Crippen LogP contribution in [-0.2, 0) is 4.79 Å². The summed E-state index contributed by atoms with van der Waals surface area (Å²) in [5.74, 6) is 0.329. The molecule has 0 saturated heterocycles. The summed E-state index contributed by atoms with van der Waals surface area (Å²) in [6, 6.07) is -1.14. The van der Waals surface area contributed by atoms with Gasteiger partial charge in [-0.3, -0.25) is 4.79 Å². The van der Waals surface area contributed by atoms with E-state index in [2.05, 4.69) is 13.8 Å². The van der Waals surface area contributed by atoms with Gasteiger partial charge in [0.1, 0.15) is 6.04 Å². The van der Waals surface area contributed by atoms with E-state index in [-0.39, 0.29) is 5.92 Å². The number of carboxylic acids is 1. The molecule has 0 amide bonds. The molecule has 0 heterocycles. The molecule has 0 aromatic heterocycles. The Morgan fingerprint density at radius 2 is 1.62 bits per heavy atom. The summed E-state index contributed by atoms with van der Waals surface area (Å²) in [7, 11) is 0. The quantitative estimate of drug-likeness (QED) is 0.677. The van der Waals surface area contributed by atoms with Gasteiger partial charge in [-0.1, -0.05) is 13.8 Å². The molecule has 1 saturated carbocycles. The summed E-state index contributed by atoms with van der Waals surface area (Å²) in [5.41, 5.74) is 5.44. The number of nitrogens with two attached hydrogens (primary N) is 1. The van der Waals surface area contributed by atoms with Crippen molar-refractivity contribution in [2.24, 2.45) is 23.5 Å². The number of aliphatic hydroxyl groups excluding tert-OH is 1. The third-order valence-electron chi connectivity index (χ3n) is 3.90. The molecule has 4 heteroatoms. The summed E-state index contributed by atoms with van der Waals surface area (Å²) < 4.78 is 0. The maximum atomic E-state index is 10.7. The van der Waals surface area contributed by atoms with Gasteiger partial charge >= 0.3 is 5.97 Å². The van der Waals surface area contributed by atoms with Crippen molar-refractivity contribution in [3.8, 4) is 0 Å². The van der Waals surface area contributed by atoms with E-state index in [1.807, 2.05) is 0 Å². The fourth-order valence-corrected chi connectivity index (χ4v) is 2.59. The highest BCUT2D eigenvalue weighted by molar-refractivity contribution is 5.73. The average Bonchev–Trinajstić information content (AvgIpc) is 2.27. The van der Waals surface area contributed by atoms with E-state index in [1.54, 1.807) is 0 Å².